The Bertz CT molecular complexity index is 897. The van der Waals surface area contributed by atoms with Crippen molar-refractivity contribution in [3.63, 3.8) is 0 Å². The van der Waals surface area contributed by atoms with Crippen molar-refractivity contribution in [1.82, 2.24) is 19.8 Å². The molecule has 1 aliphatic carbocycles. The maximum Gasteiger partial charge on any atom is 0.259 e. The number of rotatable bonds is 4. The van der Waals surface area contributed by atoms with Crippen LogP contribution < -0.4 is 11.3 Å². The van der Waals surface area contributed by atoms with Crippen molar-refractivity contribution < 1.29 is 4.79 Å². The fraction of sp³-hybridized carbons (Fsp3) is 0.632. The molecule has 2 aliphatic rings. The van der Waals surface area contributed by atoms with Gasteiger partial charge in [-0.15, -0.1) is 11.3 Å². The van der Waals surface area contributed by atoms with Gasteiger partial charge in [0.1, 0.15) is 10.7 Å². The second-order valence-corrected chi connectivity index (χ2v) is 8.60. The quantitative estimate of drug-likeness (QED) is 0.820. The van der Waals surface area contributed by atoms with E-state index in [1.165, 1.54) is 16.9 Å². The normalized spacial score (nSPS) is 19.3. The average Bonchev–Trinajstić information content (AvgIpc) is 3.06. The molecule has 1 fully saturated rings. The fourth-order valence-corrected chi connectivity index (χ4v) is 5.31. The van der Waals surface area contributed by atoms with Crippen molar-refractivity contribution in [3.8, 4) is 0 Å². The van der Waals surface area contributed by atoms with Gasteiger partial charge < -0.3 is 15.6 Å². The molecule has 1 saturated heterocycles. The highest BCUT2D eigenvalue weighted by Crippen LogP contribution is 2.33. The number of nitrogens with zero attached hydrogens (tertiary/aromatic N) is 3. The third kappa shape index (κ3) is 3.66. The number of carbonyl (C=O) groups is 1. The lowest BCUT2D eigenvalue weighted by molar-refractivity contribution is -0.134. The van der Waals surface area contributed by atoms with Gasteiger partial charge in [0.15, 0.2) is 0 Å². The molecule has 0 bridgehead atoms. The molecular weight excluding hydrogens is 362 g/mol. The van der Waals surface area contributed by atoms with E-state index in [2.05, 4.69) is 9.88 Å². The first-order chi connectivity index (χ1) is 13.1. The van der Waals surface area contributed by atoms with Crippen molar-refractivity contribution >= 4 is 27.5 Å². The maximum absolute atomic E-state index is 12.6. The Kier molecular flexibility index (Phi) is 5.29. The van der Waals surface area contributed by atoms with Crippen molar-refractivity contribution in [2.75, 3.05) is 26.2 Å². The molecule has 7 nitrogen and oxygen atoms in total. The van der Waals surface area contributed by atoms with Crippen LogP contribution in [0, 0.1) is 0 Å². The van der Waals surface area contributed by atoms with Crippen LogP contribution in [0.4, 0.5) is 0 Å². The summed E-state index contributed by atoms with van der Waals surface area (Å²) in [5, 5.41) is 0.808. The van der Waals surface area contributed by atoms with E-state index < -0.39 is 6.04 Å². The SMILES string of the molecule is CC[C@H](N)C(=O)N1CCN(Cc2nc3sc4c(c3c(=O)[nH]2)CCCC4)CC1. The summed E-state index contributed by atoms with van der Waals surface area (Å²) in [5.41, 5.74) is 7.08. The van der Waals surface area contributed by atoms with Crippen LogP contribution in [0.15, 0.2) is 4.79 Å². The molecule has 0 radical (unpaired) electrons. The summed E-state index contributed by atoms with van der Waals surface area (Å²) >= 11 is 1.68. The van der Waals surface area contributed by atoms with Gasteiger partial charge in [0, 0.05) is 31.1 Å². The lowest BCUT2D eigenvalue weighted by Crippen LogP contribution is -2.52. The molecule has 1 atom stereocenters. The number of aryl methyl sites for hydroxylation is 2. The Hall–Kier alpha value is -1.77. The Morgan fingerprint density at radius 2 is 2.00 bits per heavy atom. The molecule has 3 N–H and O–H groups in total. The van der Waals surface area contributed by atoms with E-state index >= 15 is 0 Å². The average molecular weight is 390 g/mol. The second-order valence-electron chi connectivity index (χ2n) is 7.52. The minimum Gasteiger partial charge on any atom is -0.339 e. The second kappa shape index (κ2) is 7.69. The van der Waals surface area contributed by atoms with Crippen molar-refractivity contribution in [1.29, 1.82) is 0 Å². The molecular formula is C19H27N5O2S. The van der Waals surface area contributed by atoms with E-state index in [-0.39, 0.29) is 11.5 Å². The summed E-state index contributed by atoms with van der Waals surface area (Å²) in [4.78, 5) is 38.9. The number of hydrogen-bond acceptors (Lipinski definition) is 6. The van der Waals surface area contributed by atoms with Gasteiger partial charge in [-0.2, -0.15) is 0 Å². The van der Waals surface area contributed by atoms with Crippen LogP contribution in [0.25, 0.3) is 10.2 Å². The highest BCUT2D eigenvalue weighted by atomic mass is 32.1. The molecule has 1 aliphatic heterocycles. The van der Waals surface area contributed by atoms with Crippen LogP contribution in [0.2, 0.25) is 0 Å². The topological polar surface area (TPSA) is 95.3 Å². The summed E-state index contributed by atoms with van der Waals surface area (Å²) in [6.07, 6.45) is 5.09. The van der Waals surface area contributed by atoms with Crippen LogP contribution in [0.3, 0.4) is 0 Å². The zero-order valence-electron chi connectivity index (χ0n) is 15.8. The number of carbonyl (C=O) groups excluding carboxylic acids is 1. The minimum atomic E-state index is -0.401. The molecule has 1 amide bonds. The van der Waals surface area contributed by atoms with E-state index in [4.69, 9.17) is 10.7 Å². The number of nitrogens with one attached hydrogen (secondary N) is 1. The van der Waals surface area contributed by atoms with Crippen molar-refractivity contribution in [2.24, 2.45) is 5.73 Å². The first-order valence-electron chi connectivity index (χ1n) is 9.87. The van der Waals surface area contributed by atoms with Crippen molar-refractivity contribution in [3.05, 3.63) is 26.6 Å². The fourth-order valence-electron chi connectivity index (χ4n) is 4.03. The Morgan fingerprint density at radius 1 is 1.26 bits per heavy atom. The number of aromatic nitrogens is 2. The zero-order chi connectivity index (χ0) is 19.0. The van der Waals surface area contributed by atoms with Gasteiger partial charge in [-0.3, -0.25) is 14.5 Å². The van der Waals surface area contributed by atoms with Gasteiger partial charge in [-0.1, -0.05) is 6.92 Å². The lowest BCUT2D eigenvalue weighted by atomic mass is 9.97. The minimum absolute atomic E-state index is 0.00265. The van der Waals surface area contributed by atoms with Crippen LogP contribution in [0.5, 0.6) is 0 Å². The number of fused-ring (bicyclic) bond motifs is 3. The Labute approximate surface area is 162 Å². The lowest BCUT2D eigenvalue weighted by Gasteiger charge is -2.35. The predicted octanol–water partition coefficient (Wildman–Crippen LogP) is 1.24. The molecule has 0 saturated carbocycles. The van der Waals surface area contributed by atoms with Gasteiger partial charge >= 0.3 is 0 Å². The third-order valence-electron chi connectivity index (χ3n) is 5.69. The highest BCUT2D eigenvalue weighted by Gasteiger charge is 2.25. The van der Waals surface area contributed by atoms with Gasteiger partial charge in [0.25, 0.3) is 5.56 Å². The van der Waals surface area contributed by atoms with Gasteiger partial charge in [-0.25, -0.2) is 4.98 Å². The van der Waals surface area contributed by atoms with E-state index in [1.807, 2.05) is 11.8 Å². The van der Waals surface area contributed by atoms with Crippen LogP contribution in [0.1, 0.15) is 42.5 Å². The first-order valence-corrected chi connectivity index (χ1v) is 10.7. The molecule has 4 rings (SSSR count). The molecule has 2 aromatic heterocycles. The van der Waals surface area contributed by atoms with E-state index in [0.717, 1.165) is 48.4 Å². The Morgan fingerprint density at radius 3 is 2.74 bits per heavy atom. The van der Waals surface area contributed by atoms with Gasteiger partial charge in [0.05, 0.1) is 18.0 Å². The van der Waals surface area contributed by atoms with Crippen LogP contribution in [-0.2, 0) is 24.2 Å². The summed E-state index contributed by atoms with van der Waals surface area (Å²) in [7, 11) is 0. The number of thiophene rings is 1. The summed E-state index contributed by atoms with van der Waals surface area (Å²) in [6, 6.07) is -0.401. The smallest absolute Gasteiger partial charge is 0.259 e. The molecule has 2 aromatic rings. The molecule has 146 valence electrons. The largest absolute Gasteiger partial charge is 0.339 e. The third-order valence-corrected chi connectivity index (χ3v) is 6.87. The summed E-state index contributed by atoms with van der Waals surface area (Å²) in [6.45, 7) is 5.42. The van der Waals surface area contributed by atoms with E-state index in [9.17, 15) is 9.59 Å². The zero-order valence-corrected chi connectivity index (χ0v) is 16.6. The van der Waals surface area contributed by atoms with Crippen LogP contribution >= 0.6 is 11.3 Å². The number of hydrogen-bond donors (Lipinski definition) is 2. The molecule has 0 spiro atoms. The van der Waals surface area contributed by atoms with E-state index in [0.29, 0.717) is 26.1 Å². The molecule has 0 aromatic carbocycles. The van der Waals surface area contributed by atoms with Gasteiger partial charge in [0.2, 0.25) is 5.91 Å². The summed E-state index contributed by atoms with van der Waals surface area (Å²) in [5.74, 6) is 0.755. The van der Waals surface area contributed by atoms with Crippen LogP contribution in [-0.4, -0.2) is 57.9 Å². The first kappa shape index (κ1) is 18.6. The van der Waals surface area contributed by atoms with E-state index in [1.54, 1.807) is 11.3 Å². The monoisotopic (exact) mass is 389 g/mol. The number of H-pyrrole nitrogens is 1. The molecule has 27 heavy (non-hydrogen) atoms. The number of aromatic amines is 1. The Balaban J connectivity index is 1.45. The standard InChI is InChI=1S/C19H27N5O2S/c1-2-13(20)19(26)24-9-7-23(8-10-24)11-15-21-17(25)16-12-5-3-4-6-14(12)27-18(16)22-15/h13H,2-11,20H2,1H3,(H,21,22,25)/t13-/m0/s1. The molecule has 8 heteroatoms. The number of piperazine rings is 1. The molecule has 3 heterocycles. The maximum atomic E-state index is 12.6. The molecule has 0 unspecified atom stereocenters. The summed E-state index contributed by atoms with van der Waals surface area (Å²) < 4.78 is 0. The van der Waals surface area contributed by atoms with Crippen molar-refractivity contribution in [2.45, 2.75) is 51.6 Å². The number of amides is 1. The predicted molar refractivity (Wildman–Crippen MR) is 107 cm³/mol. The highest BCUT2D eigenvalue weighted by molar-refractivity contribution is 7.18. The number of nitrogens with two attached hydrogens (primary N) is 1. The van der Waals surface area contributed by atoms with Gasteiger partial charge in [-0.05, 0) is 37.7 Å².